The van der Waals surface area contributed by atoms with Crippen molar-refractivity contribution in [3.05, 3.63) is 18.2 Å². The zero-order valence-electron chi connectivity index (χ0n) is 13.4. The molecule has 0 aliphatic heterocycles. The molecule has 0 unspecified atom stereocenters. The molecule has 0 spiro atoms. The predicted molar refractivity (Wildman–Crippen MR) is 85.2 cm³/mol. The van der Waals surface area contributed by atoms with Crippen LogP contribution in [0.15, 0.2) is 18.2 Å². The van der Waals surface area contributed by atoms with Gasteiger partial charge in [0.05, 0.1) is 13.2 Å². The van der Waals surface area contributed by atoms with Gasteiger partial charge in [-0.15, -0.1) is 0 Å². The first-order valence-corrected chi connectivity index (χ1v) is 7.49. The van der Waals surface area contributed by atoms with Crippen molar-refractivity contribution in [3.8, 4) is 11.5 Å². The largest absolute Gasteiger partial charge is 0.490 e. The summed E-state index contributed by atoms with van der Waals surface area (Å²) in [5, 5.41) is 6.08. The molecule has 5 heteroatoms. The minimum atomic E-state index is 0.0495. The van der Waals surface area contributed by atoms with Crippen molar-refractivity contribution in [2.24, 2.45) is 0 Å². The Labute approximate surface area is 127 Å². The summed E-state index contributed by atoms with van der Waals surface area (Å²) in [4.78, 5) is 11.6. The Morgan fingerprint density at radius 2 is 1.81 bits per heavy atom. The molecule has 1 aromatic carbocycles. The fourth-order valence-corrected chi connectivity index (χ4v) is 1.88. The Balaban J connectivity index is 2.55. The quantitative estimate of drug-likeness (QED) is 0.735. The normalized spacial score (nSPS) is 10.3. The number of ether oxygens (including phenoxy) is 2. The summed E-state index contributed by atoms with van der Waals surface area (Å²) in [5.74, 6) is 1.51. The van der Waals surface area contributed by atoms with Crippen LogP contribution in [0.25, 0.3) is 0 Å². The summed E-state index contributed by atoms with van der Waals surface area (Å²) in [6.45, 7) is 9.54. The molecule has 0 atom stereocenters. The second-order valence-corrected chi connectivity index (χ2v) is 4.93. The molecule has 2 N–H and O–H groups in total. The molecular formula is C16H26N2O3. The van der Waals surface area contributed by atoms with E-state index in [4.69, 9.17) is 9.47 Å². The van der Waals surface area contributed by atoms with Gasteiger partial charge in [0.2, 0.25) is 5.91 Å². The monoisotopic (exact) mass is 294 g/mol. The lowest BCUT2D eigenvalue weighted by molar-refractivity contribution is -0.121. The minimum Gasteiger partial charge on any atom is -0.490 e. The van der Waals surface area contributed by atoms with Crippen molar-refractivity contribution in [2.45, 2.75) is 40.2 Å². The maximum absolute atomic E-state index is 11.6. The van der Waals surface area contributed by atoms with Crippen LogP contribution in [0.2, 0.25) is 0 Å². The maximum Gasteiger partial charge on any atom is 0.221 e. The molecule has 0 fully saturated rings. The average molecular weight is 294 g/mol. The van der Waals surface area contributed by atoms with Gasteiger partial charge in [-0.25, -0.2) is 0 Å². The molecule has 0 aliphatic rings. The topological polar surface area (TPSA) is 59.6 Å². The summed E-state index contributed by atoms with van der Waals surface area (Å²) < 4.78 is 11.1. The highest BCUT2D eigenvalue weighted by atomic mass is 16.5. The fraction of sp³-hybridized carbons (Fsp3) is 0.562. The van der Waals surface area contributed by atoms with E-state index in [1.54, 1.807) is 0 Å². The molecular weight excluding hydrogens is 268 g/mol. The highest BCUT2D eigenvalue weighted by Gasteiger charge is 2.07. The van der Waals surface area contributed by atoms with Crippen LogP contribution in [0.1, 0.15) is 34.1 Å². The minimum absolute atomic E-state index is 0.0495. The molecule has 118 valence electrons. The van der Waals surface area contributed by atoms with E-state index in [-0.39, 0.29) is 11.9 Å². The standard InChI is InChI=1S/C16H26N2O3/c1-5-20-14-8-7-13(11-15(14)21-6-2)17-10-9-16(19)18-12(3)4/h7-8,11-12,17H,5-6,9-10H2,1-4H3,(H,18,19). The van der Waals surface area contributed by atoms with Crippen LogP contribution < -0.4 is 20.1 Å². The molecule has 0 saturated heterocycles. The number of carbonyl (C=O) groups excluding carboxylic acids is 1. The van der Waals surface area contributed by atoms with Gasteiger partial charge in [-0.2, -0.15) is 0 Å². The van der Waals surface area contributed by atoms with Crippen molar-refractivity contribution in [1.82, 2.24) is 5.32 Å². The van der Waals surface area contributed by atoms with Gasteiger partial charge in [0.25, 0.3) is 0 Å². The number of amides is 1. The molecule has 21 heavy (non-hydrogen) atoms. The highest BCUT2D eigenvalue weighted by Crippen LogP contribution is 2.30. The van der Waals surface area contributed by atoms with Crippen LogP contribution in [0.4, 0.5) is 5.69 Å². The van der Waals surface area contributed by atoms with Crippen LogP contribution in [-0.2, 0) is 4.79 Å². The van der Waals surface area contributed by atoms with Crippen LogP contribution in [-0.4, -0.2) is 31.7 Å². The van der Waals surface area contributed by atoms with E-state index < -0.39 is 0 Å². The smallest absolute Gasteiger partial charge is 0.221 e. The average Bonchev–Trinajstić information content (AvgIpc) is 2.41. The van der Waals surface area contributed by atoms with E-state index in [0.29, 0.717) is 26.2 Å². The summed E-state index contributed by atoms with van der Waals surface area (Å²) in [6, 6.07) is 5.88. The lowest BCUT2D eigenvalue weighted by Gasteiger charge is -2.13. The molecule has 0 aliphatic carbocycles. The van der Waals surface area contributed by atoms with E-state index >= 15 is 0 Å². The van der Waals surface area contributed by atoms with Crippen LogP contribution in [0, 0.1) is 0 Å². The number of nitrogens with one attached hydrogen (secondary N) is 2. The number of carbonyl (C=O) groups is 1. The molecule has 1 aromatic rings. The summed E-state index contributed by atoms with van der Waals surface area (Å²) in [5.41, 5.74) is 0.916. The fourth-order valence-electron chi connectivity index (χ4n) is 1.88. The molecule has 0 bridgehead atoms. The SMILES string of the molecule is CCOc1ccc(NCCC(=O)NC(C)C)cc1OCC. The van der Waals surface area contributed by atoms with Crippen LogP contribution in [0.5, 0.6) is 11.5 Å². The van der Waals surface area contributed by atoms with Crippen molar-refractivity contribution >= 4 is 11.6 Å². The third-order valence-electron chi connectivity index (χ3n) is 2.67. The zero-order valence-corrected chi connectivity index (χ0v) is 13.4. The predicted octanol–water partition coefficient (Wildman–Crippen LogP) is 2.81. The third-order valence-corrected chi connectivity index (χ3v) is 2.67. The first-order valence-electron chi connectivity index (χ1n) is 7.49. The van der Waals surface area contributed by atoms with Gasteiger partial charge in [-0.1, -0.05) is 0 Å². The summed E-state index contributed by atoms with van der Waals surface area (Å²) >= 11 is 0. The van der Waals surface area contributed by atoms with E-state index in [2.05, 4.69) is 10.6 Å². The van der Waals surface area contributed by atoms with Crippen LogP contribution >= 0.6 is 0 Å². The van der Waals surface area contributed by atoms with Gasteiger partial charge in [0, 0.05) is 30.8 Å². The Kier molecular flexibility index (Phi) is 7.43. The maximum atomic E-state index is 11.6. The van der Waals surface area contributed by atoms with E-state index in [1.807, 2.05) is 45.9 Å². The Morgan fingerprint density at radius 1 is 1.14 bits per heavy atom. The van der Waals surface area contributed by atoms with Gasteiger partial charge in [-0.05, 0) is 39.8 Å². The van der Waals surface area contributed by atoms with E-state index in [9.17, 15) is 4.79 Å². The first kappa shape index (κ1) is 17.1. The Bertz CT molecular complexity index is 447. The van der Waals surface area contributed by atoms with Crippen molar-refractivity contribution in [3.63, 3.8) is 0 Å². The molecule has 1 rings (SSSR count). The highest BCUT2D eigenvalue weighted by molar-refractivity contribution is 5.76. The molecule has 0 aromatic heterocycles. The Hall–Kier alpha value is -1.91. The lowest BCUT2D eigenvalue weighted by atomic mass is 10.2. The Morgan fingerprint density at radius 3 is 2.43 bits per heavy atom. The van der Waals surface area contributed by atoms with Crippen molar-refractivity contribution in [1.29, 1.82) is 0 Å². The zero-order chi connectivity index (χ0) is 15.7. The number of anilines is 1. The second-order valence-electron chi connectivity index (χ2n) is 4.93. The van der Waals surface area contributed by atoms with Gasteiger partial charge in [0.1, 0.15) is 0 Å². The second kappa shape index (κ2) is 9.10. The number of hydrogen-bond acceptors (Lipinski definition) is 4. The molecule has 0 saturated carbocycles. The summed E-state index contributed by atoms with van der Waals surface area (Å²) in [6.07, 6.45) is 0.440. The van der Waals surface area contributed by atoms with E-state index in [1.165, 1.54) is 0 Å². The van der Waals surface area contributed by atoms with Gasteiger partial charge < -0.3 is 20.1 Å². The van der Waals surface area contributed by atoms with E-state index in [0.717, 1.165) is 17.2 Å². The number of rotatable bonds is 9. The van der Waals surface area contributed by atoms with Gasteiger partial charge in [0.15, 0.2) is 11.5 Å². The number of benzene rings is 1. The molecule has 0 radical (unpaired) electrons. The molecule has 1 amide bonds. The molecule has 0 heterocycles. The van der Waals surface area contributed by atoms with Gasteiger partial charge >= 0.3 is 0 Å². The summed E-state index contributed by atoms with van der Waals surface area (Å²) in [7, 11) is 0. The van der Waals surface area contributed by atoms with Crippen LogP contribution in [0.3, 0.4) is 0 Å². The third kappa shape index (κ3) is 6.38. The first-order chi connectivity index (χ1) is 10.1. The lowest BCUT2D eigenvalue weighted by Crippen LogP contribution is -2.31. The van der Waals surface area contributed by atoms with Crippen molar-refractivity contribution in [2.75, 3.05) is 25.1 Å². The van der Waals surface area contributed by atoms with Gasteiger partial charge in [-0.3, -0.25) is 4.79 Å². The van der Waals surface area contributed by atoms with Crippen molar-refractivity contribution < 1.29 is 14.3 Å². The number of hydrogen-bond donors (Lipinski definition) is 2. The molecule has 5 nitrogen and oxygen atoms in total.